The molecule has 9 nitrogen and oxygen atoms in total. The Kier molecular flexibility index (Phi) is 8.67. The summed E-state index contributed by atoms with van der Waals surface area (Å²) in [5, 5.41) is 22.7. The summed E-state index contributed by atoms with van der Waals surface area (Å²) in [6.07, 6.45) is -5.77. The predicted octanol–water partition coefficient (Wildman–Crippen LogP) is 3.79. The smallest absolute Gasteiger partial charge is 0.424 e. The number of ether oxygens (including phenoxy) is 3. The summed E-state index contributed by atoms with van der Waals surface area (Å²) in [6.45, 7) is 1.86. The van der Waals surface area contributed by atoms with Crippen LogP contribution >= 0.6 is 0 Å². The molecule has 1 amide bonds. The molecule has 4 rings (SSSR count). The molecule has 226 valence electrons. The Morgan fingerprint density at radius 2 is 1.88 bits per heavy atom. The maximum absolute atomic E-state index is 14.6. The highest BCUT2D eigenvalue weighted by atomic mass is 19.4. The molecule has 2 aromatic carbocycles. The van der Waals surface area contributed by atoms with Gasteiger partial charge in [0.25, 0.3) is 5.91 Å². The van der Waals surface area contributed by atoms with Crippen LogP contribution in [0.5, 0.6) is 17.2 Å². The van der Waals surface area contributed by atoms with E-state index in [9.17, 15) is 32.6 Å². The Morgan fingerprint density at radius 3 is 2.48 bits per heavy atom. The number of amides is 1. The Balaban J connectivity index is 1.71. The van der Waals surface area contributed by atoms with E-state index in [1.807, 2.05) is 0 Å². The topological polar surface area (TPSA) is 136 Å². The van der Waals surface area contributed by atoms with E-state index >= 15 is 0 Å². The minimum atomic E-state index is -5.29. The number of aliphatic hydroxyl groups is 2. The first-order valence-electron chi connectivity index (χ1n) is 13.0. The van der Waals surface area contributed by atoms with Gasteiger partial charge >= 0.3 is 6.18 Å². The molecule has 0 saturated heterocycles. The largest absolute Gasteiger partial charge is 0.493 e. The zero-order chi connectivity index (χ0) is 30.9. The molecule has 5 N–H and O–H groups in total. The van der Waals surface area contributed by atoms with E-state index in [1.165, 1.54) is 44.4 Å². The van der Waals surface area contributed by atoms with Crippen LogP contribution in [0.15, 0.2) is 48.5 Å². The monoisotopic (exact) mass is 593 g/mol. The number of methoxy groups -OCH3 is 1. The molecule has 1 aromatic heterocycles. The van der Waals surface area contributed by atoms with Gasteiger partial charge in [0.05, 0.1) is 31.0 Å². The summed E-state index contributed by atoms with van der Waals surface area (Å²) in [5.74, 6) is -1.06. The van der Waals surface area contributed by atoms with E-state index in [-0.39, 0.29) is 52.8 Å². The van der Waals surface area contributed by atoms with Crippen molar-refractivity contribution in [2.45, 2.75) is 43.7 Å². The van der Waals surface area contributed by atoms with Crippen LogP contribution in [0.3, 0.4) is 0 Å². The Morgan fingerprint density at radius 1 is 1.19 bits per heavy atom. The fourth-order valence-electron chi connectivity index (χ4n) is 4.42. The zero-order valence-corrected chi connectivity index (χ0v) is 23.1. The van der Waals surface area contributed by atoms with Gasteiger partial charge in [0.2, 0.25) is 5.60 Å². The van der Waals surface area contributed by atoms with E-state index in [0.717, 1.165) is 18.2 Å². The summed E-state index contributed by atoms with van der Waals surface area (Å²) in [5.41, 5.74) is 1.12. The van der Waals surface area contributed by atoms with Crippen molar-refractivity contribution in [2.75, 3.05) is 26.9 Å². The third-order valence-electron chi connectivity index (χ3n) is 7.04. The number of carbonyl (C=O) groups excluding carboxylic acids is 1. The highest BCUT2D eigenvalue weighted by molar-refractivity contribution is 5.95. The number of hydrogen-bond acceptors (Lipinski definition) is 8. The number of fused-ring (bicyclic) bond motifs is 1. The first-order valence-corrected chi connectivity index (χ1v) is 13.0. The van der Waals surface area contributed by atoms with Gasteiger partial charge in [-0.1, -0.05) is 6.92 Å². The van der Waals surface area contributed by atoms with Gasteiger partial charge < -0.3 is 35.5 Å². The molecule has 0 fully saturated rings. The van der Waals surface area contributed by atoms with Crippen LogP contribution in [-0.4, -0.2) is 60.3 Å². The van der Waals surface area contributed by atoms with Crippen LogP contribution in [0, 0.1) is 5.82 Å². The molecule has 42 heavy (non-hydrogen) atoms. The van der Waals surface area contributed by atoms with E-state index in [1.54, 1.807) is 6.92 Å². The molecule has 13 heteroatoms. The molecule has 0 spiro atoms. The van der Waals surface area contributed by atoms with Crippen molar-refractivity contribution in [3.63, 3.8) is 0 Å². The van der Waals surface area contributed by atoms with Crippen molar-refractivity contribution < 1.29 is 46.8 Å². The SMILES string of the molecule is CCC1(N)COc2c1cc(C(O)(CNC(=O)c1ccc(OCC(C)O)c(OC)c1)C(F)(F)F)nc2-c1ccc(F)cc1. The van der Waals surface area contributed by atoms with Crippen molar-refractivity contribution in [3.8, 4) is 28.5 Å². The number of rotatable bonds is 10. The Hall–Kier alpha value is -3.94. The molecule has 3 atom stereocenters. The van der Waals surface area contributed by atoms with Crippen molar-refractivity contribution in [3.05, 3.63) is 71.2 Å². The van der Waals surface area contributed by atoms with Crippen molar-refractivity contribution in [1.29, 1.82) is 0 Å². The van der Waals surface area contributed by atoms with E-state index in [2.05, 4.69) is 10.3 Å². The molecule has 2 heterocycles. The third-order valence-corrected chi connectivity index (χ3v) is 7.04. The second-order valence-electron chi connectivity index (χ2n) is 10.1. The van der Waals surface area contributed by atoms with Gasteiger partial charge in [0.1, 0.15) is 24.7 Å². The van der Waals surface area contributed by atoms with Crippen LogP contribution in [0.25, 0.3) is 11.3 Å². The van der Waals surface area contributed by atoms with Gasteiger partial charge in [0, 0.05) is 16.7 Å². The lowest BCUT2D eigenvalue weighted by molar-refractivity contribution is -0.265. The summed E-state index contributed by atoms with van der Waals surface area (Å²) < 4.78 is 73.7. The van der Waals surface area contributed by atoms with Gasteiger partial charge in [-0.2, -0.15) is 13.2 Å². The number of alkyl halides is 3. The summed E-state index contributed by atoms with van der Waals surface area (Å²) in [7, 11) is 1.31. The van der Waals surface area contributed by atoms with Gasteiger partial charge in [-0.15, -0.1) is 0 Å². The van der Waals surface area contributed by atoms with Gasteiger partial charge in [-0.3, -0.25) is 4.79 Å². The fraction of sp³-hybridized carbons (Fsp3) is 0.379. The fourth-order valence-corrected chi connectivity index (χ4v) is 4.42. The highest BCUT2D eigenvalue weighted by Gasteiger charge is 2.57. The van der Waals surface area contributed by atoms with Crippen LogP contribution in [-0.2, 0) is 11.1 Å². The first-order chi connectivity index (χ1) is 19.7. The van der Waals surface area contributed by atoms with Gasteiger partial charge in [-0.05, 0) is 61.9 Å². The molecule has 0 bridgehead atoms. The van der Waals surface area contributed by atoms with Gasteiger partial charge in [0.15, 0.2) is 17.2 Å². The number of nitrogens with one attached hydrogen (secondary N) is 1. The predicted molar refractivity (Wildman–Crippen MR) is 144 cm³/mol. The molecular weight excluding hydrogens is 562 g/mol. The normalized spacial score (nSPS) is 18.4. The number of pyridine rings is 1. The van der Waals surface area contributed by atoms with Gasteiger partial charge in [-0.25, -0.2) is 9.37 Å². The molecule has 0 aliphatic carbocycles. The van der Waals surface area contributed by atoms with Crippen molar-refractivity contribution in [2.24, 2.45) is 5.73 Å². The minimum absolute atomic E-state index is 0.0435. The van der Waals surface area contributed by atoms with Crippen molar-refractivity contribution >= 4 is 5.91 Å². The molecule has 3 aromatic rings. The first kappa shape index (κ1) is 31.0. The lowest BCUT2D eigenvalue weighted by Gasteiger charge is -2.31. The number of halogens is 4. The number of nitrogens with two attached hydrogens (primary N) is 1. The standard InChI is InChI=1S/C29H31F4N3O6/c1-4-27(34)15-42-25-20(27)12-23(36-24(25)17-5-8-19(30)9-6-17)28(39,29(31,32)33)14-35-26(38)18-7-10-21(22(11-18)40-3)41-13-16(2)37/h5-12,16,37,39H,4,13-15,34H2,1-3H3,(H,35,38). The molecule has 0 saturated carbocycles. The molecular formula is C29H31F4N3O6. The molecule has 1 aliphatic rings. The maximum Gasteiger partial charge on any atom is 0.424 e. The lowest BCUT2D eigenvalue weighted by Crippen LogP contribution is -2.51. The van der Waals surface area contributed by atoms with Crippen LogP contribution in [0.1, 0.15) is 41.9 Å². The second kappa shape index (κ2) is 11.7. The zero-order valence-electron chi connectivity index (χ0n) is 23.1. The van der Waals surface area contributed by atoms with Crippen molar-refractivity contribution in [1.82, 2.24) is 10.3 Å². The second-order valence-corrected chi connectivity index (χ2v) is 10.1. The number of aliphatic hydroxyl groups excluding tert-OH is 1. The number of hydrogen-bond donors (Lipinski definition) is 4. The van der Waals surface area contributed by atoms with E-state index in [0.29, 0.717) is 6.42 Å². The third kappa shape index (κ3) is 5.98. The summed E-state index contributed by atoms with van der Waals surface area (Å²) >= 11 is 0. The van der Waals surface area contributed by atoms with Crippen LogP contribution < -0.4 is 25.3 Å². The Labute approximate surface area is 239 Å². The average molecular weight is 594 g/mol. The molecule has 3 unspecified atom stereocenters. The number of nitrogens with zero attached hydrogens (tertiary/aromatic N) is 1. The van der Waals surface area contributed by atoms with E-state index in [4.69, 9.17) is 19.9 Å². The summed E-state index contributed by atoms with van der Waals surface area (Å²) in [6, 6.07) is 9.83. The minimum Gasteiger partial charge on any atom is -0.493 e. The Bertz CT molecular complexity index is 1450. The molecule has 0 radical (unpaired) electrons. The van der Waals surface area contributed by atoms with Crippen LogP contribution in [0.2, 0.25) is 0 Å². The lowest BCUT2D eigenvalue weighted by atomic mass is 9.86. The number of carbonyl (C=O) groups is 1. The average Bonchev–Trinajstić information content (AvgIpc) is 3.30. The molecule has 1 aliphatic heterocycles. The van der Waals surface area contributed by atoms with E-state index < -0.39 is 47.4 Å². The number of benzene rings is 2. The summed E-state index contributed by atoms with van der Waals surface area (Å²) in [4.78, 5) is 17.1. The quantitative estimate of drug-likeness (QED) is 0.261. The highest BCUT2D eigenvalue weighted by Crippen LogP contribution is 2.47. The number of aromatic nitrogens is 1. The van der Waals surface area contributed by atoms with Crippen LogP contribution in [0.4, 0.5) is 17.6 Å². The maximum atomic E-state index is 14.6.